The number of oxime groups is 1. The van der Waals surface area contributed by atoms with Crippen molar-refractivity contribution in [3.63, 3.8) is 0 Å². The average molecular weight is 512 g/mol. The van der Waals surface area contributed by atoms with Gasteiger partial charge in [0.25, 0.3) is 0 Å². The highest BCUT2D eigenvalue weighted by molar-refractivity contribution is 6.31. The molecule has 1 aliphatic heterocycles. The van der Waals surface area contributed by atoms with E-state index in [1.807, 2.05) is 67.6 Å². The third-order valence-electron chi connectivity index (χ3n) is 6.33. The number of nitrogens with zero attached hydrogens (tertiary/aromatic N) is 1. The summed E-state index contributed by atoms with van der Waals surface area (Å²) in [5.41, 5.74) is 5.18. The van der Waals surface area contributed by atoms with Crippen LogP contribution in [-0.4, -0.2) is 57.2 Å². The van der Waals surface area contributed by atoms with Crippen molar-refractivity contribution in [2.24, 2.45) is 5.16 Å². The van der Waals surface area contributed by atoms with E-state index in [4.69, 9.17) is 21.2 Å². The highest BCUT2D eigenvalue weighted by Crippen LogP contribution is 2.34. The van der Waals surface area contributed by atoms with E-state index in [2.05, 4.69) is 5.16 Å². The smallest absolute Gasteiger partial charge is 0.142 e. The Morgan fingerprint density at radius 3 is 2.33 bits per heavy atom. The van der Waals surface area contributed by atoms with Crippen molar-refractivity contribution in [2.45, 2.75) is 50.5 Å². The van der Waals surface area contributed by atoms with Gasteiger partial charge in [0.05, 0.1) is 12.3 Å². The van der Waals surface area contributed by atoms with Crippen molar-refractivity contribution in [2.75, 3.05) is 6.61 Å². The van der Waals surface area contributed by atoms with Crippen LogP contribution in [0.3, 0.4) is 0 Å². The van der Waals surface area contributed by atoms with Crippen LogP contribution in [0.2, 0.25) is 5.02 Å². The van der Waals surface area contributed by atoms with Gasteiger partial charge in [-0.15, -0.1) is 0 Å². The van der Waals surface area contributed by atoms with E-state index in [1.165, 1.54) is 0 Å². The lowest BCUT2D eigenvalue weighted by Crippen LogP contribution is -2.55. The topological polar surface area (TPSA) is 112 Å². The van der Waals surface area contributed by atoms with Crippen molar-refractivity contribution in [1.82, 2.24) is 0 Å². The highest BCUT2D eigenvalue weighted by atomic mass is 35.5. The summed E-state index contributed by atoms with van der Waals surface area (Å²) in [5.74, 6) is 0. The van der Waals surface area contributed by atoms with Gasteiger partial charge in [-0.1, -0.05) is 83.5 Å². The predicted molar refractivity (Wildman–Crippen MR) is 137 cm³/mol. The second-order valence-electron chi connectivity index (χ2n) is 8.91. The minimum absolute atomic E-state index is 0.402. The Balaban J connectivity index is 1.44. The van der Waals surface area contributed by atoms with Crippen molar-refractivity contribution < 1.29 is 30.0 Å². The number of halogens is 1. The molecule has 8 heteroatoms. The summed E-state index contributed by atoms with van der Waals surface area (Å²) in [5, 5.41) is 44.9. The number of ether oxygens (including phenoxy) is 1. The third kappa shape index (κ3) is 6.13. The zero-order valence-corrected chi connectivity index (χ0v) is 20.6. The molecule has 7 nitrogen and oxygen atoms in total. The quantitative estimate of drug-likeness (QED) is 0.272. The van der Waals surface area contributed by atoms with Crippen LogP contribution in [0.25, 0.3) is 0 Å². The summed E-state index contributed by atoms with van der Waals surface area (Å²) in [6, 6.07) is 23.0. The van der Waals surface area contributed by atoms with E-state index in [9.17, 15) is 20.4 Å². The first-order valence-corrected chi connectivity index (χ1v) is 12.1. The minimum Gasteiger partial charge on any atom is -0.394 e. The molecule has 1 saturated heterocycles. The largest absolute Gasteiger partial charge is 0.394 e. The van der Waals surface area contributed by atoms with E-state index in [0.29, 0.717) is 23.6 Å². The first kappa shape index (κ1) is 26.3. The summed E-state index contributed by atoms with van der Waals surface area (Å²) >= 11 is 6.45. The summed E-state index contributed by atoms with van der Waals surface area (Å²) in [7, 11) is 0. The normalized spacial score (nSPS) is 24.5. The minimum atomic E-state index is -1.44. The summed E-state index contributed by atoms with van der Waals surface area (Å²) in [4.78, 5) is 5.48. The van der Waals surface area contributed by atoms with Gasteiger partial charge < -0.3 is 30.0 Å². The summed E-state index contributed by atoms with van der Waals surface area (Å²) < 4.78 is 5.69. The number of hydrogen-bond donors (Lipinski definition) is 4. The predicted octanol–water partition coefficient (Wildman–Crippen LogP) is 3.39. The molecule has 3 aromatic rings. The molecule has 4 N–H and O–H groups in total. The summed E-state index contributed by atoms with van der Waals surface area (Å²) in [6.07, 6.45) is -5.53. The van der Waals surface area contributed by atoms with Crippen LogP contribution in [0.1, 0.15) is 40.8 Å². The monoisotopic (exact) mass is 511 g/mol. The molecule has 36 heavy (non-hydrogen) atoms. The van der Waals surface area contributed by atoms with Gasteiger partial charge in [-0.2, -0.15) is 0 Å². The van der Waals surface area contributed by atoms with Gasteiger partial charge in [-0.25, -0.2) is 0 Å². The van der Waals surface area contributed by atoms with Gasteiger partial charge in [0, 0.05) is 5.02 Å². The Morgan fingerprint density at radius 2 is 1.64 bits per heavy atom. The molecule has 0 radical (unpaired) electrons. The Morgan fingerprint density at radius 1 is 0.917 bits per heavy atom. The summed E-state index contributed by atoms with van der Waals surface area (Å²) in [6.45, 7) is 1.81. The molecule has 1 fully saturated rings. The van der Waals surface area contributed by atoms with Crippen molar-refractivity contribution in [3.8, 4) is 0 Å². The zero-order chi connectivity index (χ0) is 25.7. The second-order valence-corrected chi connectivity index (χ2v) is 9.32. The molecule has 0 saturated carbocycles. The van der Waals surface area contributed by atoms with Crippen molar-refractivity contribution >= 4 is 17.3 Å². The van der Waals surface area contributed by atoms with E-state index in [0.717, 1.165) is 28.0 Å². The number of hydrogen-bond acceptors (Lipinski definition) is 7. The van der Waals surface area contributed by atoms with Crippen LogP contribution in [0.4, 0.5) is 0 Å². The lowest BCUT2D eigenvalue weighted by Gasteiger charge is -2.40. The Bertz CT molecular complexity index is 1170. The molecule has 0 aromatic heterocycles. The molecule has 0 spiro atoms. The van der Waals surface area contributed by atoms with Crippen molar-refractivity contribution in [3.05, 3.63) is 106 Å². The first-order chi connectivity index (χ1) is 17.4. The van der Waals surface area contributed by atoms with Crippen LogP contribution in [0, 0.1) is 0 Å². The SMILES string of the molecule is CC(=NOCc1ccccc1)c1ccc(Cc2cc([C@@H]3O[C@H](CO)[C@@H](O)[C@H](O)[C@H]3O)ccc2Cl)cc1. The maximum absolute atomic E-state index is 10.5. The van der Waals surface area contributed by atoms with E-state index >= 15 is 0 Å². The molecular formula is C28H30ClNO6. The molecule has 3 aromatic carbocycles. The van der Waals surface area contributed by atoms with Gasteiger partial charge in [0.15, 0.2) is 0 Å². The van der Waals surface area contributed by atoms with E-state index < -0.39 is 37.1 Å². The first-order valence-electron chi connectivity index (χ1n) is 11.8. The zero-order valence-electron chi connectivity index (χ0n) is 19.9. The van der Waals surface area contributed by atoms with E-state index in [1.54, 1.807) is 12.1 Å². The second kappa shape index (κ2) is 12.0. The highest BCUT2D eigenvalue weighted by Gasteiger charge is 2.44. The molecule has 0 unspecified atom stereocenters. The fraction of sp³-hybridized carbons (Fsp3) is 0.321. The van der Waals surface area contributed by atoms with Crippen LogP contribution in [-0.2, 0) is 22.6 Å². The van der Waals surface area contributed by atoms with Gasteiger partial charge >= 0.3 is 0 Å². The lowest BCUT2D eigenvalue weighted by atomic mass is 9.90. The van der Waals surface area contributed by atoms with Crippen LogP contribution in [0.15, 0.2) is 78.0 Å². The number of aliphatic hydroxyl groups is 4. The Labute approximate surface area is 215 Å². The van der Waals surface area contributed by atoms with Gasteiger partial charge in [0.2, 0.25) is 0 Å². The molecular weight excluding hydrogens is 482 g/mol. The standard InChI is InChI=1S/C28H30ClNO6/c1-17(30-35-16-19-5-3-2-4-6-19)20-9-7-18(8-10-20)13-22-14-21(11-12-23(22)29)28-27(34)26(33)25(32)24(15-31)36-28/h2-12,14,24-28,31-34H,13,15-16H2,1H3/t24-,25-,26+,27-,28+/m1/s1. The van der Waals surface area contributed by atoms with Crippen LogP contribution >= 0.6 is 11.6 Å². The molecule has 1 aliphatic rings. The number of rotatable bonds is 8. The Hall–Kier alpha value is -2.78. The van der Waals surface area contributed by atoms with Crippen molar-refractivity contribution in [1.29, 1.82) is 0 Å². The molecule has 0 bridgehead atoms. The Kier molecular flexibility index (Phi) is 8.74. The maximum atomic E-state index is 10.5. The molecule has 5 atom stereocenters. The molecule has 190 valence electrons. The van der Waals surface area contributed by atoms with Gasteiger partial charge in [-0.05, 0) is 47.2 Å². The van der Waals surface area contributed by atoms with Crippen LogP contribution in [0.5, 0.6) is 0 Å². The fourth-order valence-electron chi connectivity index (χ4n) is 4.20. The number of benzene rings is 3. The van der Waals surface area contributed by atoms with Crippen LogP contribution < -0.4 is 0 Å². The molecule has 0 aliphatic carbocycles. The fourth-order valence-corrected chi connectivity index (χ4v) is 4.38. The lowest BCUT2D eigenvalue weighted by molar-refractivity contribution is -0.231. The average Bonchev–Trinajstić information content (AvgIpc) is 2.90. The van der Waals surface area contributed by atoms with Gasteiger partial charge in [-0.3, -0.25) is 0 Å². The maximum Gasteiger partial charge on any atom is 0.142 e. The molecule has 4 rings (SSSR count). The molecule has 0 amide bonds. The van der Waals surface area contributed by atoms with E-state index in [-0.39, 0.29) is 0 Å². The van der Waals surface area contributed by atoms with Gasteiger partial charge in [0.1, 0.15) is 37.1 Å². The number of aliphatic hydroxyl groups excluding tert-OH is 4. The third-order valence-corrected chi connectivity index (χ3v) is 6.70. The molecule has 1 heterocycles.